The first-order valence-electron chi connectivity index (χ1n) is 7.80. The number of fused-ring (bicyclic) bond motifs is 1. The molecule has 0 aliphatic carbocycles. The van der Waals surface area contributed by atoms with Gasteiger partial charge in [0.1, 0.15) is 4.21 Å². The Labute approximate surface area is 144 Å². The first-order valence-corrected chi connectivity index (χ1v) is 10.1. The minimum absolute atomic E-state index is 0.428. The molecule has 0 amide bonds. The molecule has 1 aliphatic heterocycles. The third-order valence-corrected chi connectivity index (χ3v) is 7.59. The molecule has 3 aromatic rings. The lowest BCUT2D eigenvalue weighted by Crippen LogP contribution is -2.48. The van der Waals surface area contributed by atoms with E-state index in [1.54, 1.807) is 10.4 Å². The molecule has 1 fully saturated rings. The van der Waals surface area contributed by atoms with Crippen LogP contribution in [0.2, 0.25) is 0 Å². The van der Waals surface area contributed by atoms with Crippen LogP contribution < -0.4 is 4.90 Å². The SMILES string of the molecule is Cc1ccc(S(=O)(=O)N2CCN(c3nc4ccccc4[nH]3)CC2)s1. The van der Waals surface area contributed by atoms with Crippen molar-refractivity contribution in [2.75, 3.05) is 31.1 Å². The van der Waals surface area contributed by atoms with Gasteiger partial charge in [0, 0.05) is 31.1 Å². The molecule has 0 spiro atoms. The molecule has 4 rings (SSSR count). The number of sulfonamides is 1. The fourth-order valence-electron chi connectivity index (χ4n) is 2.91. The molecule has 3 heterocycles. The van der Waals surface area contributed by atoms with Crippen LogP contribution in [0.5, 0.6) is 0 Å². The predicted molar refractivity (Wildman–Crippen MR) is 96.1 cm³/mol. The number of aromatic nitrogens is 2. The number of nitrogens with zero attached hydrogens (tertiary/aromatic N) is 3. The number of aryl methyl sites for hydroxylation is 1. The van der Waals surface area contributed by atoms with E-state index in [4.69, 9.17) is 0 Å². The van der Waals surface area contributed by atoms with Gasteiger partial charge in [-0.3, -0.25) is 0 Å². The first kappa shape index (κ1) is 15.6. The Morgan fingerprint density at radius 3 is 2.50 bits per heavy atom. The number of anilines is 1. The lowest BCUT2D eigenvalue weighted by atomic mass is 10.3. The third kappa shape index (κ3) is 2.70. The van der Waals surface area contributed by atoms with Gasteiger partial charge in [-0.25, -0.2) is 13.4 Å². The second-order valence-electron chi connectivity index (χ2n) is 5.83. The Balaban J connectivity index is 1.50. The molecule has 0 atom stereocenters. The topological polar surface area (TPSA) is 69.3 Å². The van der Waals surface area contributed by atoms with Gasteiger partial charge in [0.15, 0.2) is 0 Å². The highest BCUT2D eigenvalue weighted by Gasteiger charge is 2.30. The Morgan fingerprint density at radius 1 is 1.08 bits per heavy atom. The van der Waals surface area contributed by atoms with Crippen molar-refractivity contribution in [3.8, 4) is 0 Å². The van der Waals surface area contributed by atoms with E-state index in [2.05, 4.69) is 14.9 Å². The Hall–Kier alpha value is -1.90. The quantitative estimate of drug-likeness (QED) is 0.777. The molecule has 6 nitrogen and oxygen atoms in total. The zero-order valence-electron chi connectivity index (χ0n) is 13.3. The summed E-state index contributed by atoms with van der Waals surface area (Å²) in [7, 11) is -3.38. The highest BCUT2D eigenvalue weighted by molar-refractivity contribution is 7.91. The average molecular weight is 362 g/mol. The van der Waals surface area contributed by atoms with Crippen molar-refractivity contribution in [3.63, 3.8) is 0 Å². The number of thiophene rings is 1. The predicted octanol–water partition coefficient (Wildman–Crippen LogP) is 2.44. The molecule has 1 aliphatic rings. The van der Waals surface area contributed by atoms with Crippen LogP contribution in [-0.4, -0.2) is 48.9 Å². The molecule has 2 aromatic heterocycles. The summed E-state index contributed by atoms with van der Waals surface area (Å²) in [6, 6.07) is 11.4. The fourth-order valence-corrected chi connectivity index (χ4v) is 5.77. The first-order chi connectivity index (χ1) is 11.5. The van der Waals surface area contributed by atoms with Gasteiger partial charge in [-0.1, -0.05) is 12.1 Å². The van der Waals surface area contributed by atoms with E-state index in [0.29, 0.717) is 30.4 Å². The summed E-state index contributed by atoms with van der Waals surface area (Å²) in [6.45, 7) is 4.11. The van der Waals surface area contributed by atoms with Gasteiger partial charge in [-0.2, -0.15) is 4.31 Å². The van der Waals surface area contributed by atoms with Crippen LogP contribution >= 0.6 is 11.3 Å². The zero-order chi connectivity index (χ0) is 16.7. The molecular weight excluding hydrogens is 344 g/mol. The highest BCUT2D eigenvalue weighted by Crippen LogP contribution is 2.26. The second kappa shape index (κ2) is 5.87. The number of rotatable bonds is 3. The molecule has 24 heavy (non-hydrogen) atoms. The van der Waals surface area contributed by atoms with Gasteiger partial charge in [0.2, 0.25) is 5.95 Å². The van der Waals surface area contributed by atoms with Crippen molar-refractivity contribution < 1.29 is 8.42 Å². The number of benzene rings is 1. The van der Waals surface area contributed by atoms with Gasteiger partial charge < -0.3 is 9.88 Å². The summed E-state index contributed by atoms with van der Waals surface area (Å²) in [5.74, 6) is 0.806. The maximum atomic E-state index is 12.7. The summed E-state index contributed by atoms with van der Waals surface area (Å²) in [6.07, 6.45) is 0. The van der Waals surface area contributed by atoms with Crippen LogP contribution in [-0.2, 0) is 10.0 Å². The molecule has 1 saturated heterocycles. The summed E-state index contributed by atoms with van der Waals surface area (Å²) in [5, 5.41) is 0. The van der Waals surface area contributed by atoms with Crippen LogP contribution in [0, 0.1) is 6.92 Å². The van der Waals surface area contributed by atoms with Crippen molar-refractivity contribution in [2.24, 2.45) is 0 Å². The monoisotopic (exact) mass is 362 g/mol. The summed E-state index contributed by atoms with van der Waals surface area (Å²) in [4.78, 5) is 11.0. The fraction of sp³-hybridized carbons (Fsp3) is 0.312. The number of piperazine rings is 1. The maximum Gasteiger partial charge on any atom is 0.252 e. The van der Waals surface area contributed by atoms with Gasteiger partial charge in [-0.05, 0) is 31.2 Å². The minimum Gasteiger partial charge on any atom is -0.340 e. The van der Waals surface area contributed by atoms with Crippen molar-refractivity contribution in [1.29, 1.82) is 0 Å². The maximum absolute atomic E-state index is 12.7. The Kier molecular flexibility index (Phi) is 3.82. The average Bonchev–Trinajstić information content (AvgIpc) is 3.21. The van der Waals surface area contributed by atoms with Crippen LogP contribution in [0.1, 0.15) is 4.88 Å². The van der Waals surface area contributed by atoms with Crippen LogP contribution in [0.25, 0.3) is 11.0 Å². The summed E-state index contributed by atoms with van der Waals surface area (Å²) >= 11 is 1.33. The van der Waals surface area contributed by atoms with E-state index in [1.807, 2.05) is 37.3 Å². The smallest absolute Gasteiger partial charge is 0.252 e. The number of para-hydroxylation sites is 2. The van der Waals surface area contributed by atoms with Crippen molar-refractivity contribution in [2.45, 2.75) is 11.1 Å². The highest BCUT2D eigenvalue weighted by atomic mass is 32.2. The van der Waals surface area contributed by atoms with E-state index in [9.17, 15) is 8.42 Å². The number of aromatic amines is 1. The zero-order valence-corrected chi connectivity index (χ0v) is 14.9. The molecule has 1 N–H and O–H groups in total. The molecule has 0 bridgehead atoms. The number of H-pyrrole nitrogens is 1. The lowest BCUT2D eigenvalue weighted by Gasteiger charge is -2.33. The van der Waals surface area contributed by atoms with Gasteiger partial charge in [-0.15, -0.1) is 11.3 Å². The van der Waals surface area contributed by atoms with Gasteiger partial charge >= 0.3 is 0 Å². The Morgan fingerprint density at radius 2 is 1.83 bits per heavy atom. The van der Waals surface area contributed by atoms with Crippen molar-refractivity contribution in [1.82, 2.24) is 14.3 Å². The molecule has 126 valence electrons. The molecule has 0 radical (unpaired) electrons. The molecule has 0 saturated carbocycles. The molecular formula is C16H18N4O2S2. The lowest BCUT2D eigenvalue weighted by molar-refractivity contribution is 0.384. The van der Waals surface area contributed by atoms with E-state index < -0.39 is 10.0 Å². The summed E-state index contributed by atoms with van der Waals surface area (Å²) < 4.78 is 27.4. The molecule has 0 unspecified atom stereocenters. The molecule has 8 heteroatoms. The minimum atomic E-state index is -3.38. The number of nitrogens with one attached hydrogen (secondary N) is 1. The van der Waals surface area contributed by atoms with Gasteiger partial charge in [0.05, 0.1) is 11.0 Å². The summed E-state index contributed by atoms with van der Waals surface area (Å²) in [5.41, 5.74) is 1.92. The van der Waals surface area contributed by atoms with Gasteiger partial charge in [0.25, 0.3) is 10.0 Å². The molecule has 1 aromatic carbocycles. The largest absolute Gasteiger partial charge is 0.340 e. The van der Waals surface area contributed by atoms with Crippen molar-refractivity contribution >= 4 is 38.3 Å². The van der Waals surface area contributed by atoms with E-state index >= 15 is 0 Å². The van der Waals surface area contributed by atoms with Crippen LogP contribution in [0.3, 0.4) is 0 Å². The van der Waals surface area contributed by atoms with Crippen LogP contribution in [0.15, 0.2) is 40.6 Å². The number of hydrogen-bond acceptors (Lipinski definition) is 5. The number of hydrogen-bond donors (Lipinski definition) is 1. The van der Waals surface area contributed by atoms with Crippen molar-refractivity contribution in [3.05, 3.63) is 41.3 Å². The number of imidazole rings is 1. The second-order valence-corrected chi connectivity index (χ2v) is 9.29. The van der Waals surface area contributed by atoms with E-state index in [0.717, 1.165) is 21.9 Å². The normalized spacial score (nSPS) is 16.8. The standard InChI is InChI=1S/C16H18N4O2S2/c1-12-6-7-15(23-12)24(21,22)20-10-8-19(9-11-20)16-17-13-4-2-3-5-14(13)18-16/h2-7H,8-11H2,1H3,(H,17,18). The van der Waals surface area contributed by atoms with E-state index in [1.165, 1.54) is 11.3 Å². The third-order valence-electron chi connectivity index (χ3n) is 4.22. The Bertz CT molecular complexity index is 936. The van der Waals surface area contributed by atoms with Crippen LogP contribution in [0.4, 0.5) is 5.95 Å². The van der Waals surface area contributed by atoms with E-state index in [-0.39, 0.29) is 0 Å².